The van der Waals surface area contributed by atoms with E-state index in [0.29, 0.717) is 17.5 Å². The van der Waals surface area contributed by atoms with Gasteiger partial charge in [-0.1, -0.05) is 24.5 Å². The Morgan fingerprint density at radius 1 is 1.26 bits per heavy atom. The Morgan fingerprint density at radius 2 is 2.05 bits per heavy atom. The molecule has 3 nitrogen and oxygen atoms in total. The largest absolute Gasteiger partial charge is 0.507 e. The van der Waals surface area contributed by atoms with Crippen molar-refractivity contribution in [1.29, 1.82) is 0 Å². The molecule has 1 aliphatic heterocycles. The van der Waals surface area contributed by atoms with E-state index in [2.05, 4.69) is 0 Å². The molecule has 1 aromatic rings. The molecule has 2 fully saturated rings. The van der Waals surface area contributed by atoms with Crippen LogP contribution in [0.1, 0.15) is 48.0 Å². The molecule has 102 valence electrons. The summed E-state index contributed by atoms with van der Waals surface area (Å²) >= 11 is 0. The van der Waals surface area contributed by atoms with E-state index >= 15 is 0 Å². The second kappa shape index (κ2) is 4.87. The molecule has 19 heavy (non-hydrogen) atoms. The quantitative estimate of drug-likeness (QED) is 0.842. The van der Waals surface area contributed by atoms with Gasteiger partial charge in [-0.15, -0.1) is 0 Å². The maximum Gasteiger partial charge on any atom is 0.257 e. The molecular weight excluding hydrogens is 238 g/mol. The normalized spacial score (nSPS) is 26.3. The Morgan fingerprint density at radius 3 is 2.89 bits per heavy atom. The monoisotopic (exact) mass is 259 g/mol. The molecule has 2 unspecified atom stereocenters. The topological polar surface area (TPSA) is 40.5 Å². The molecule has 3 heteroatoms. The molecule has 1 aliphatic carbocycles. The van der Waals surface area contributed by atoms with Crippen LogP contribution in [0, 0.1) is 12.8 Å². The Bertz CT molecular complexity index is 498. The fourth-order valence-electron chi connectivity index (χ4n) is 3.63. The number of carbonyl (C=O) groups is 1. The van der Waals surface area contributed by atoms with E-state index in [0.717, 1.165) is 24.9 Å². The van der Waals surface area contributed by atoms with Gasteiger partial charge < -0.3 is 10.0 Å². The molecule has 0 bridgehead atoms. The molecule has 1 aromatic carbocycles. The third kappa shape index (κ3) is 2.22. The van der Waals surface area contributed by atoms with Crippen LogP contribution in [0.3, 0.4) is 0 Å². The Balaban J connectivity index is 1.85. The number of amides is 1. The van der Waals surface area contributed by atoms with E-state index in [9.17, 15) is 9.90 Å². The van der Waals surface area contributed by atoms with Gasteiger partial charge in [0, 0.05) is 12.6 Å². The number of benzene rings is 1. The number of rotatable bonds is 1. The summed E-state index contributed by atoms with van der Waals surface area (Å²) in [7, 11) is 0. The van der Waals surface area contributed by atoms with Crippen molar-refractivity contribution in [3.8, 4) is 5.75 Å². The van der Waals surface area contributed by atoms with Gasteiger partial charge in [-0.3, -0.25) is 4.79 Å². The van der Waals surface area contributed by atoms with Gasteiger partial charge in [-0.2, -0.15) is 0 Å². The molecule has 1 saturated carbocycles. The second-order valence-electron chi connectivity index (χ2n) is 5.92. The number of carbonyl (C=O) groups excluding carboxylic acids is 1. The molecule has 1 N–H and O–H groups in total. The van der Waals surface area contributed by atoms with Crippen molar-refractivity contribution >= 4 is 5.91 Å². The number of hydrogen-bond donors (Lipinski definition) is 1. The summed E-state index contributed by atoms with van der Waals surface area (Å²) in [5.74, 6) is 0.801. The first-order valence-electron chi connectivity index (χ1n) is 7.27. The fraction of sp³-hybridized carbons (Fsp3) is 0.562. The summed E-state index contributed by atoms with van der Waals surface area (Å²) in [5.41, 5.74) is 1.48. The molecule has 0 radical (unpaired) electrons. The zero-order valence-electron chi connectivity index (χ0n) is 11.4. The molecule has 1 amide bonds. The molecule has 1 heterocycles. The minimum absolute atomic E-state index is 0.00981. The van der Waals surface area contributed by atoms with Crippen molar-refractivity contribution in [2.75, 3.05) is 6.54 Å². The van der Waals surface area contributed by atoms with Gasteiger partial charge in [0.1, 0.15) is 5.75 Å². The average molecular weight is 259 g/mol. The second-order valence-corrected chi connectivity index (χ2v) is 5.92. The number of phenols is 1. The summed E-state index contributed by atoms with van der Waals surface area (Å²) in [4.78, 5) is 14.6. The van der Waals surface area contributed by atoms with Crippen molar-refractivity contribution in [1.82, 2.24) is 4.90 Å². The Kier molecular flexibility index (Phi) is 3.21. The van der Waals surface area contributed by atoms with Gasteiger partial charge in [0.25, 0.3) is 5.91 Å². The third-order valence-electron chi connectivity index (χ3n) is 4.65. The highest BCUT2D eigenvalue weighted by atomic mass is 16.3. The number of hydrogen-bond acceptors (Lipinski definition) is 2. The van der Waals surface area contributed by atoms with Gasteiger partial charge in [0.15, 0.2) is 0 Å². The number of aromatic hydroxyl groups is 1. The Hall–Kier alpha value is -1.51. The van der Waals surface area contributed by atoms with Crippen molar-refractivity contribution in [3.05, 3.63) is 29.3 Å². The Labute approximate surface area is 114 Å². The van der Waals surface area contributed by atoms with Crippen LogP contribution in [0.2, 0.25) is 0 Å². The fourth-order valence-corrected chi connectivity index (χ4v) is 3.63. The number of fused-ring (bicyclic) bond motifs is 1. The van der Waals surface area contributed by atoms with Gasteiger partial charge in [0.2, 0.25) is 0 Å². The van der Waals surface area contributed by atoms with Crippen molar-refractivity contribution in [2.45, 2.75) is 45.1 Å². The number of likely N-dealkylation sites (tertiary alicyclic amines) is 1. The molecule has 2 atom stereocenters. The van der Waals surface area contributed by atoms with E-state index in [1.807, 2.05) is 17.9 Å². The smallest absolute Gasteiger partial charge is 0.257 e. The first-order chi connectivity index (χ1) is 9.16. The third-order valence-corrected chi connectivity index (χ3v) is 4.65. The van der Waals surface area contributed by atoms with Crippen molar-refractivity contribution in [2.24, 2.45) is 5.92 Å². The average Bonchev–Trinajstić information content (AvgIpc) is 2.84. The van der Waals surface area contributed by atoms with Crippen LogP contribution in [-0.4, -0.2) is 28.5 Å². The zero-order chi connectivity index (χ0) is 13.4. The number of phenolic OH excluding ortho intramolecular Hbond substituents is 1. The molecule has 0 aromatic heterocycles. The molecule has 3 rings (SSSR count). The summed E-state index contributed by atoms with van der Waals surface area (Å²) in [6, 6.07) is 5.66. The van der Waals surface area contributed by atoms with Crippen molar-refractivity contribution < 1.29 is 9.90 Å². The maximum atomic E-state index is 12.6. The minimum atomic E-state index is 0.00981. The standard InChI is InChI=1S/C16H21NO2/c1-11-6-7-15(18)13(10-11)16(19)17-9-8-12-4-2-3-5-14(12)17/h6-7,10,12,14,18H,2-5,8-9H2,1H3. The summed E-state index contributed by atoms with van der Waals surface area (Å²) in [6.45, 7) is 2.80. The van der Waals surface area contributed by atoms with Crippen LogP contribution in [0.15, 0.2) is 18.2 Å². The van der Waals surface area contributed by atoms with E-state index < -0.39 is 0 Å². The van der Waals surface area contributed by atoms with Crippen molar-refractivity contribution in [3.63, 3.8) is 0 Å². The van der Waals surface area contributed by atoms with Crippen LogP contribution in [0.25, 0.3) is 0 Å². The van der Waals surface area contributed by atoms with E-state index in [-0.39, 0.29) is 11.7 Å². The zero-order valence-corrected chi connectivity index (χ0v) is 11.4. The lowest BCUT2D eigenvalue weighted by Gasteiger charge is -2.31. The summed E-state index contributed by atoms with van der Waals surface area (Å²) in [6.07, 6.45) is 6.05. The highest BCUT2D eigenvalue weighted by molar-refractivity contribution is 5.97. The van der Waals surface area contributed by atoms with Crippen LogP contribution in [0.5, 0.6) is 5.75 Å². The summed E-state index contributed by atoms with van der Waals surface area (Å²) < 4.78 is 0. The SMILES string of the molecule is Cc1ccc(O)c(C(=O)N2CCC3CCCCC32)c1. The lowest BCUT2D eigenvalue weighted by atomic mass is 9.85. The predicted molar refractivity (Wildman–Crippen MR) is 74.2 cm³/mol. The summed E-state index contributed by atoms with van der Waals surface area (Å²) in [5, 5.41) is 9.91. The van der Waals surface area contributed by atoms with E-state index in [1.165, 1.54) is 19.3 Å². The number of nitrogens with zero attached hydrogens (tertiary/aromatic N) is 1. The highest BCUT2D eigenvalue weighted by Gasteiger charge is 2.38. The molecule has 2 aliphatic rings. The highest BCUT2D eigenvalue weighted by Crippen LogP contribution is 2.37. The van der Waals surface area contributed by atoms with Gasteiger partial charge in [-0.05, 0) is 44.2 Å². The molecular formula is C16H21NO2. The molecule has 1 saturated heterocycles. The van der Waals surface area contributed by atoms with Gasteiger partial charge in [-0.25, -0.2) is 0 Å². The van der Waals surface area contributed by atoms with Gasteiger partial charge in [0.05, 0.1) is 5.56 Å². The first-order valence-corrected chi connectivity index (χ1v) is 7.27. The first kappa shape index (κ1) is 12.5. The van der Waals surface area contributed by atoms with Crippen LogP contribution in [-0.2, 0) is 0 Å². The van der Waals surface area contributed by atoms with Crippen LogP contribution < -0.4 is 0 Å². The maximum absolute atomic E-state index is 12.6. The minimum Gasteiger partial charge on any atom is -0.507 e. The number of aryl methyl sites for hydroxylation is 1. The van der Waals surface area contributed by atoms with Crippen LogP contribution >= 0.6 is 0 Å². The molecule has 0 spiro atoms. The van der Waals surface area contributed by atoms with Crippen LogP contribution in [0.4, 0.5) is 0 Å². The lowest BCUT2D eigenvalue weighted by Crippen LogP contribution is -2.39. The predicted octanol–water partition coefficient (Wildman–Crippen LogP) is 3.11. The van der Waals surface area contributed by atoms with E-state index in [4.69, 9.17) is 0 Å². The van der Waals surface area contributed by atoms with Gasteiger partial charge >= 0.3 is 0 Å². The van der Waals surface area contributed by atoms with E-state index in [1.54, 1.807) is 12.1 Å². The lowest BCUT2D eigenvalue weighted by molar-refractivity contribution is 0.0687.